The summed E-state index contributed by atoms with van der Waals surface area (Å²) in [5, 5.41) is 14.7. The molecule has 2 heterocycles. The molecule has 120 valence electrons. The van der Waals surface area contributed by atoms with Crippen molar-refractivity contribution in [2.75, 3.05) is 17.4 Å². The Morgan fingerprint density at radius 2 is 1.91 bits per heavy atom. The van der Waals surface area contributed by atoms with Crippen molar-refractivity contribution in [3.05, 3.63) is 24.4 Å². The molecule has 0 saturated heterocycles. The van der Waals surface area contributed by atoms with Crippen LogP contribution in [-0.2, 0) is 0 Å². The first-order valence-corrected chi connectivity index (χ1v) is 8.00. The molecule has 1 aromatic carbocycles. The van der Waals surface area contributed by atoms with Gasteiger partial charge in [0.05, 0.1) is 6.20 Å². The lowest BCUT2D eigenvalue weighted by molar-refractivity contribution is 0.174. The normalized spacial score (nSPS) is 17.0. The molecule has 0 bridgehead atoms. The van der Waals surface area contributed by atoms with E-state index in [1.54, 1.807) is 6.20 Å². The second kappa shape index (κ2) is 6.28. The molecule has 0 radical (unpaired) electrons. The largest absolute Gasteiger partial charge is 0.454 e. The van der Waals surface area contributed by atoms with Crippen LogP contribution in [-0.4, -0.2) is 28.0 Å². The van der Waals surface area contributed by atoms with Gasteiger partial charge in [-0.05, 0) is 25.0 Å². The minimum atomic E-state index is 0.262. The van der Waals surface area contributed by atoms with Gasteiger partial charge in [-0.15, -0.1) is 5.10 Å². The lowest BCUT2D eigenvalue weighted by Gasteiger charge is -2.23. The first-order chi connectivity index (χ1) is 11.4. The molecular formula is C16H19N5O2. The number of fused-ring (bicyclic) bond motifs is 1. The maximum Gasteiger partial charge on any atom is 0.249 e. The molecule has 1 saturated carbocycles. The van der Waals surface area contributed by atoms with Crippen LogP contribution in [0.25, 0.3) is 0 Å². The number of aromatic nitrogens is 3. The monoisotopic (exact) mass is 313 g/mol. The van der Waals surface area contributed by atoms with Gasteiger partial charge >= 0.3 is 0 Å². The van der Waals surface area contributed by atoms with Gasteiger partial charge in [0.15, 0.2) is 17.3 Å². The molecule has 2 aliphatic rings. The van der Waals surface area contributed by atoms with Crippen molar-refractivity contribution in [1.82, 2.24) is 15.2 Å². The van der Waals surface area contributed by atoms with Crippen LogP contribution in [0.5, 0.6) is 11.5 Å². The molecule has 1 aromatic heterocycles. The Morgan fingerprint density at radius 3 is 2.83 bits per heavy atom. The molecular weight excluding hydrogens is 294 g/mol. The van der Waals surface area contributed by atoms with E-state index in [4.69, 9.17) is 9.47 Å². The standard InChI is InChI=1S/C16H19N5O2/c1-2-4-11(5-3-1)18-15-9-17-21-16(20-15)19-12-6-7-13-14(8-12)23-10-22-13/h6-9,11H,1-5,10H2,(H2,18,19,20,21). The zero-order valence-electron chi connectivity index (χ0n) is 12.8. The first-order valence-electron chi connectivity index (χ1n) is 8.00. The van der Waals surface area contributed by atoms with Crippen LogP contribution in [0.1, 0.15) is 32.1 Å². The van der Waals surface area contributed by atoms with E-state index in [0.717, 1.165) is 23.0 Å². The Kier molecular flexibility index (Phi) is 3.83. The summed E-state index contributed by atoms with van der Waals surface area (Å²) in [6.45, 7) is 0.262. The van der Waals surface area contributed by atoms with Gasteiger partial charge in [0.2, 0.25) is 12.7 Å². The number of anilines is 3. The average molecular weight is 313 g/mol. The first kappa shape index (κ1) is 14.0. The Balaban J connectivity index is 1.45. The highest BCUT2D eigenvalue weighted by molar-refractivity contribution is 5.60. The fraction of sp³-hybridized carbons (Fsp3) is 0.438. The topological polar surface area (TPSA) is 81.2 Å². The highest BCUT2D eigenvalue weighted by atomic mass is 16.7. The smallest absolute Gasteiger partial charge is 0.249 e. The fourth-order valence-corrected chi connectivity index (χ4v) is 2.99. The zero-order valence-corrected chi connectivity index (χ0v) is 12.8. The summed E-state index contributed by atoms with van der Waals surface area (Å²) in [7, 11) is 0. The Bertz CT molecular complexity index is 688. The SMILES string of the molecule is c1cc2c(cc1Nc1nncc(NC3CCCCC3)n1)OCO2. The van der Waals surface area contributed by atoms with E-state index in [9.17, 15) is 0 Å². The summed E-state index contributed by atoms with van der Waals surface area (Å²) in [5.74, 6) is 2.70. The maximum absolute atomic E-state index is 5.37. The number of ether oxygens (including phenoxy) is 2. The molecule has 2 N–H and O–H groups in total. The molecule has 1 aliphatic carbocycles. The van der Waals surface area contributed by atoms with Crippen LogP contribution in [0.2, 0.25) is 0 Å². The number of benzene rings is 1. The van der Waals surface area contributed by atoms with E-state index < -0.39 is 0 Å². The van der Waals surface area contributed by atoms with Gasteiger partial charge in [-0.3, -0.25) is 0 Å². The minimum absolute atomic E-state index is 0.262. The van der Waals surface area contributed by atoms with Gasteiger partial charge in [0, 0.05) is 17.8 Å². The highest BCUT2D eigenvalue weighted by Gasteiger charge is 2.15. The second-order valence-corrected chi connectivity index (χ2v) is 5.84. The van der Waals surface area contributed by atoms with Crippen molar-refractivity contribution in [2.24, 2.45) is 0 Å². The molecule has 23 heavy (non-hydrogen) atoms. The van der Waals surface area contributed by atoms with Gasteiger partial charge in [-0.25, -0.2) is 0 Å². The molecule has 0 unspecified atom stereocenters. The van der Waals surface area contributed by atoms with Gasteiger partial charge in [0.25, 0.3) is 0 Å². The zero-order chi connectivity index (χ0) is 15.5. The summed E-state index contributed by atoms with van der Waals surface area (Å²) >= 11 is 0. The number of nitrogens with one attached hydrogen (secondary N) is 2. The lowest BCUT2D eigenvalue weighted by Crippen LogP contribution is -2.23. The summed E-state index contributed by atoms with van der Waals surface area (Å²) in [6, 6.07) is 6.12. The quantitative estimate of drug-likeness (QED) is 0.897. The fourth-order valence-electron chi connectivity index (χ4n) is 2.99. The van der Waals surface area contributed by atoms with Crippen molar-refractivity contribution in [1.29, 1.82) is 0 Å². The number of hydrogen-bond acceptors (Lipinski definition) is 7. The molecule has 1 aliphatic heterocycles. The van der Waals surface area contributed by atoms with Gasteiger partial charge < -0.3 is 20.1 Å². The Morgan fingerprint density at radius 1 is 1.04 bits per heavy atom. The van der Waals surface area contributed by atoms with Crippen molar-refractivity contribution < 1.29 is 9.47 Å². The van der Waals surface area contributed by atoms with E-state index >= 15 is 0 Å². The lowest BCUT2D eigenvalue weighted by atomic mass is 9.96. The number of nitrogens with zero attached hydrogens (tertiary/aromatic N) is 3. The second-order valence-electron chi connectivity index (χ2n) is 5.84. The third-order valence-electron chi connectivity index (χ3n) is 4.14. The number of rotatable bonds is 4. The molecule has 1 fully saturated rings. The summed E-state index contributed by atoms with van der Waals surface area (Å²) in [5.41, 5.74) is 0.839. The third-order valence-corrected chi connectivity index (χ3v) is 4.14. The molecule has 0 spiro atoms. The van der Waals surface area contributed by atoms with E-state index in [-0.39, 0.29) is 6.79 Å². The number of hydrogen-bond donors (Lipinski definition) is 2. The van der Waals surface area contributed by atoms with E-state index in [0.29, 0.717) is 12.0 Å². The Hall–Kier alpha value is -2.57. The molecule has 4 rings (SSSR count). The van der Waals surface area contributed by atoms with Crippen molar-refractivity contribution in [3.63, 3.8) is 0 Å². The van der Waals surface area contributed by atoms with Crippen molar-refractivity contribution in [2.45, 2.75) is 38.1 Å². The summed E-state index contributed by atoms with van der Waals surface area (Å²) < 4.78 is 10.7. The highest BCUT2D eigenvalue weighted by Crippen LogP contribution is 2.34. The average Bonchev–Trinajstić information content (AvgIpc) is 3.04. The Labute approximate surface area is 134 Å². The third kappa shape index (κ3) is 3.28. The molecule has 2 aromatic rings. The van der Waals surface area contributed by atoms with Crippen LogP contribution in [0, 0.1) is 0 Å². The van der Waals surface area contributed by atoms with Crippen molar-refractivity contribution >= 4 is 17.5 Å². The van der Waals surface area contributed by atoms with Gasteiger partial charge in [-0.1, -0.05) is 19.3 Å². The van der Waals surface area contributed by atoms with Crippen LogP contribution in [0.15, 0.2) is 24.4 Å². The van der Waals surface area contributed by atoms with E-state index in [1.165, 1.54) is 32.1 Å². The van der Waals surface area contributed by atoms with Gasteiger partial charge in [-0.2, -0.15) is 10.1 Å². The van der Waals surface area contributed by atoms with Gasteiger partial charge in [0.1, 0.15) is 0 Å². The van der Waals surface area contributed by atoms with Crippen LogP contribution >= 0.6 is 0 Å². The molecule has 0 amide bonds. The molecule has 0 atom stereocenters. The van der Waals surface area contributed by atoms with Crippen LogP contribution < -0.4 is 20.1 Å². The van der Waals surface area contributed by atoms with Crippen molar-refractivity contribution in [3.8, 4) is 11.5 Å². The predicted molar refractivity (Wildman–Crippen MR) is 86.2 cm³/mol. The van der Waals surface area contributed by atoms with E-state index in [1.807, 2.05) is 18.2 Å². The summed E-state index contributed by atoms with van der Waals surface area (Å²) in [6.07, 6.45) is 7.93. The van der Waals surface area contributed by atoms with Crippen LogP contribution in [0.4, 0.5) is 17.5 Å². The molecule has 7 nitrogen and oxygen atoms in total. The minimum Gasteiger partial charge on any atom is -0.454 e. The predicted octanol–water partition coefficient (Wildman–Crippen LogP) is 3.09. The summed E-state index contributed by atoms with van der Waals surface area (Å²) in [4.78, 5) is 4.49. The van der Waals surface area contributed by atoms with Crippen LogP contribution in [0.3, 0.4) is 0 Å². The van der Waals surface area contributed by atoms with E-state index in [2.05, 4.69) is 25.8 Å². The maximum atomic E-state index is 5.37. The molecule has 7 heteroatoms.